The minimum atomic E-state index is 0.0172. The molecule has 1 heterocycles. The normalized spacial score (nSPS) is 11.0. The van der Waals surface area contributed by atoms with Crippen molar-refractivity contribution in [1.82, 2.24) is 4.98 Å². The zero-order valence-corrected chi connectivity index (χ0v) is 15.3. The Morgan fingerprint density at radius 3 is 2.23 bits per heavy atom. The molecule has 0 radical (unpaired) electrons. The quantitative estimate of drug-likeness (QED) is 0.457. The maximum Gasteiger partial charge on any atom is 0.209 e. The molecule has 1 aromatic heterocycles. The average molecular weight is 339 g/mol. The molecule has 0 atom stereocenters. The zero-order valence-electron chi connectivity index (χ0n) is 15.3. The van der Waals surface area contributed by atoms with Crippen molar-refractivity contribution < 1.29 is 4.79 Å². The van der Waals surface area contributed by atoms with Crippen molar-refractivity contribution in [2.45, 2.75) is 20.8 Å². The second-order valence-corrected chi connectivity index (χ2v) is 6.92. The lowest BCUT2D eigenvalue weighted by atomic mass is 9.95. The molecule has 0 bridgehead atoms. The van der Waals surface area contributed by atoms with E-state index < -0.39 is 0 Å². The number of benzene rings is 3. The lowest BCUT2D eigenvalue weighted by Crippen LogP contribution is -2.01. The highest BCUT2D eigenvalue weighted by atomic mass is 16.1. The molecule has 0 aliphatic heterocycles. The molecule has 0 amide bonds. The van der Waals surface area contributed by atoms with Crippen LogP contribution in [0.15, 0.2) is 66.7 Å². The number of fused-ring (bicyclic) bond motifs is 1. The number of hydrogen-bond donors (Lipinski definition) is 1. The van der Waals surface area contributed by atoms with Crippen molar-refractivity contribution >= 4 is 16.7 Å². The summed E-state index contributed by atoms with van der Waals surface area (Å²) in [6.07, 6.45) is 0. The Bertz CT molecular complexity index is 1080. The maximum atomic E-state index is 13.0. The van der Waals surface area contributed by atoms with Crippen molar-refractivity contribution in [1.29, 1.82) is 0 Å². The first-order valence-electron chi connectivity index (χ1n) is 8.83. The van der Waals surface area contributed by atoms with Crippen LogP contribution in [0.5, 0.6) is 0 Å². The van der Waals surface area contributed by atoms with Gasteiger partial charge < -0.3 is 4.98 Å². The molecule has 2 nitrogen and oxygen atoms in total. The molecule has 0 spiro atoms. The van der Waals surface area contributed by atoms with E-state index in [-0.39, 0.29) is 5.78 Å². The smallest absolute Gasteiger partial charge is 0.209 e. The molecule has 1 N–H and O–H groups in total. The van der Waals surface area contributed by atoms with E-state index in [1.54, 1.807) is 0 Å². The first kappa shape index (κ1) is 16.3. The van der Waals surface area contributed by atoms with Crippen LogP contribution in [0.1, 0.15) is 32.7 Å². The highest BCUT2D eigenvalue weighted by Gasteiger charge is 2.13. The summed E-state index contributed by atoms with van der Waals surface area (Å²) in [7, 11) is 0. The monoisotopic (exact) mass is 339 g/mol. The number of nitrogens with one attached hydrogen (secondary N) is 1. The fraction of sp³-hybridized carbons (Fsp3) is 0.125. The van der Waals surface area contributed by atoms with Gasteiger partial charge >= 0.3 is 0 Å². The summed E-state index contributed by atoms with van der Waals surface area (Å²) in [4.78, 5) is 16.2. The summed E-state index contributed by atoms with van der Waals surface area (Å²) in [6.45, 7) is 6.40. The minimum Gasteiger partial charge on any atom is -0.352 e. The lowest BCUT2D eigenvalue weighted by Gasteiger charge is -2.10. The van der Waals surface area contributed by atoms with Crippen molar-refractivity contribution in [2.75, 3.05) is 0 Å². The van der Waals surface area contributed by atoms with Crippen molar-refractivity contribution in [3.05, 3.63) is 94.7 Å². The summed E-state index contributed by atoms with van der Waals surface area (Å²) < 4.78 is 0. The minimum absolute atomic E-state index is 0.0172. The molecule has 3 aromatic carbocycles. The number of aromatic amines is 1. The van der Waals surface area contributed by atoms with Gasteiger partial charge in [0, 0.05) is 16.5 Å². The Kier molecular flexibility index (Phi) is 3.96. The third-order valence-electron chi connectivity index (χ3n) is 5.16. The fourth-order valence-corrected chi connectivity index (χ4v) is 3.39. The Hall–Kier alpha value is -3.13. The second-order valence-electron chi connectivity index (χ2n) is 6.92. The molecule has 0 aliphatic rings. The zero-order chi connectivity index (χ0) is 18.3. The van der Waals surface area contributed by atoms with Gasteiger partial charge in [-0.15, -0.1) is 0 Å². The topological polar surface area (TPSA) is 32.9 Å². The van der Waals surface area contributed by atoms with Gasteiger partial charge in [0.25, 0.3) is 0 Å². The van der Waals surface area contributed by atoms with Crippen LogP contribution < -0.4 is 0 Å². The van der Waals surface area contributed by atoms with Gasteiger partial charge in [-0.2, -0.15) is 0 Å². The predicted molar refractivity (Wildman–Crippen MR) is 108 cm³/mol. The van der Waals surface area contributed by atoms with Gasteiger partial charge in [-0.1, -0.05) is 48.5 Å². The van der Waals surface area contributed by atoms with Gasteiger partial charge in [-0.05, 0) is 66.8 Å². The number of aryl methyl sites for hydroxylation is 2. The van der Waals surface area contributed by atoms with Gasteiger partial charge in [0.05, 0.1) is 5.69 Å². The largest absolute Gasteiger partial charge is 0.352 e. The van der Waals surface area contributed by atoms with E-state index in [0.29, 0.717) is 11.3 Å². The predicted octanol–water partition coefficient (Wildman–Crippen LogP) is 5.99. The van der Waals surface area contributed by atoms with Gasteiger partial charge in [0.15, 0.2) is 0 Å². The number of rotatable bonds is 3. The van der Waals surface area contributed by atoms with Gasteiger partial charge in [0.2, 0.25) is 5.78 Å². The molecule has 0 fully saturated rings. The van der Waals surface area contributed by atoms with Crippen molar-refractivity contribution in [3.8, 4) is 11.1 Å². The van der Waals surface area contributed by atoms with E-state index in [1.807, 2.05) is 48.5 Å². The molecular weight excluding hydrogens is 318 g/mol. The van der Waals surface area contributed by atoms with Crippen LogP contribution >= 0.6 is 0 Å². The van der Waals surface area contributed by atoms with Crippen LogP contribution in [0.2, 0.25) is 0 Å². The summed E-state index contributed by atoms with van der Waals surface area (Å²) in [5, 5.41) is 1.05. The molecule has 0 saturated heterocycles. The molecule has 0 saturated carbocycles. The highest BCUT2D eigenvalue weighted by Crippen LogP contribution is 2.26. The number of aromatic nitrogens is 1. The van der Waals surface area contributed by atoms with Crippen LogP contribution in [0, 0.1) is 20.8 Å². The molecular formula is C24H21NO. The molecule has 0 unspecified atom stereocenters. The van der Waals surface area contributed by atoms with Crippen molar-refractivity contribution in [3.63, 3.8) is 0 Å². The number of ketones is 1. The first-order chi connectivity index (χ1) is 12.5. The summed E-state index contributed by atoms with van der Waals surface area (Å²) in [6, 6.07) is 22.1. The van der Waals surface area contributed by atoms with E-state index in [2.05, 4.69) is 44.0 Å². The van der Waals surface area contributed by atoms with Crippen LogP contribution in [0.4, 0.5) is 0 Å². The van der Waals surface area contributed by atoms with E-state index in [0.717, 1.165) is 22.0 Å². The fourth-order valence-electron chi connectivity index (χ4n) is 3.39. The maximum absolute atomic E-state index is 13.0. The van der Waals surface area contributed by atoms with E-state index in [1.165, 1.54) is 16.7 Å². The molecule has 26 heavy (non-hydrogen) atoms. The number of carbonyl (C=O) groups excluding carboxylic acids is 1. The van der Waals surface area contributed by atoms with Crippen LogP contribution in [-0.4, -0.2) is 10.8 Å². The molecule has 4 rings (SSSR count). The van der Waals surface area contributed by atoms with Gasteiger partial charge in [-0.25, -0.2) is 0 Å². The molecule has 4 aromatic rings. The third-order valence-corrected chi connectivity index (χ3v) is 5.16. The van der Waals surface area contributed by atoms with E-state index in [4.69, 9.17) is 0 Å². The van der Waals surface area contributed by atoms with Crippen LogP contribution in [0.3, 0.4) is 0 Å². The number of H-pyrrole nitrogens is 1. The number of hydrogen-bond acceptors (Lipinski definition) is 1. The Balaban J connectivity index is 1.74. The van der Waals surface area contributed by atoms with Crippen LogP contribution in [-0.2, 0) is 0 Å². The standard InChI is InChI=1S/C24H21NO/c1-15-11-21(12-16(2)17(15)3)18-8-6-9-20(13-18)24(26)23-14-19-7-4-5-10-22(19)25-23/h4-14,25H,1-3H3. The Labute approximate surface area is 153 Å². The second kappa shape index (κ2) is 6.30. The highest BCUT2D eigenvalue weighted by molar-refractivity contribution is 6.10. The van der Waals surface area contributed by atoms with Gasteiger partial charge in [0.1, 0.15) is 0 Å². The third kappa shape index (κ3) is 2.84. The van der Waals surface area contributed by atoms with Gasteiger partial charge in [-0.3, -0.25) is 4.79 Å². The molecule has 0 aliphatic carbocycles. The lowest BCUT2D eigenvalue weighted by molar-refractivity contribution is 0.103. The SMILES string of the molecule is Cc1cc(-c2cccc(C(=O)c3cc4ccccc4[nH]3)c2)cc(C)c1C. The van der Waals surface area contributed by atoms with Crippen LogP contribution in [0.25, 0.3) is 22.0 Å². The van der Waals surface area contributed by atoms with E-state index >= 15 is 0 Å². The summed E-state index contributed by atoms with van der Waals surface area (Å²) in [5.41, 5.74) is 8.38. The van der Waals surface area contributed by atoms with Crippen molar-refractivity contribution in [2.24, 2.45) is 0 Å². The first-order valence-corrected chi connectivity index (χ1v) is 8.83. The Morgan fingerprint density at radius 1 is 0.769 bits per heavy atom. The average Bonchev–Trinajstić information content (AvgIpc) is 3.09. The number of carbonyl (C=O) groups is 1. The summed E-state index contributed by atoms with van der Waals surface area (Å²) >= 11 is 0. The number of para-hydroxylation sites is 1. The molecule has 2 heteroatoms. The molecule has 128 valence electrons. The summed E-state index contributed by atoms with van der Waals surface area (Å²) in [5.74, 6) is 0.0172. The Morgan fingerprint density at radius 2 is 1.50 bits per heavy atom. The van der Waals surface area contributed by atoms with E-state index in [9.17, 15) is 4.79 Å².